The van der Waals surface area contributed by atoms with Gasteiger partial charge in [-0.1, -0.05) is 17.7 Å². The van der Waals surface area contributed by atoms with E-state index in [4.69, 9.17) is 27.2 Å². The van der Waals surface area contributed by atoms with Crippen LogP contribution >= 0.6 is 11.6 Å². The van der Waals surface area contributed by atoms with Gasteiger partial charge in [-0.05, 0) is 24.6 Å². The number of esters is 1. The van der Waals surface area contributed by atoms with Crippen LogP contribution in [0.2, 0.25) is 5.02 Å². The second kappa shape index (κ2) is 5.84. The lowest BCUT2D eigenvalue weighted by molar-refractivity contribution is 0.0526. The first-order valence-electron chi connectivity index (χ1n) is 4.93. The van der Waals surface area contributed by atoms with E-state index in [1.54, 1.807) is 19.1 Å². The van der Waals surface area contributed by atoms with Gasteiger partial charge in [0.05, 0.1) is 24.8 Å². The SMILES string of the molecule is CCOC(=O)c1ccc([C@H](N)CO)c(Cl)c1. The molecule has 4 nitrogen and oxygen atoms in total. The maximum Gasteiger partial charge on any atom is 0.338 e. The van der Waals surface area contributed by atoms with Crippen LogP contribution in [0.4, 0.5) is 0 Å². The Labute approximate surface area is 99.0 Å². The molecule has 0 bridgehead atoms. The van der Waals surface area contributed by atoms with E-state index in [1.807, 2.05) is 0 Å². The van der Waals surface area contributed by atoms with Crippen LogP contribution in [0.1, 0.15) is 28.9 Å². The molecule has 0 saturated carbocycles. The summed E-state index contributed by atoms with van der Waals surface area (Å²) in [6, 6.07) is 4.15. The monoisotopic (exact) mass is 243 g/mol. The number of rotatable bonds is 4. The van der Waals surface area contributed by atoms with Gasteiger partial charge in [0.25, 0.3) is 0 Å². The number of hydrogen-bond donors (Lipinski definition) is 2. The molecule has 0 fully saturated rings. The molecule has 88 valence electrons. The zero-order chi connectivity index (χ0) is 12.1. The average molecular weight is 244 g/mol. The number of aliphatic hydroxyl groups excluding tert-OH is 1. The van der Waals surface area contributed by atoms with Gasteiger partial charge in [0.2, 0.25) is 0 Å². The minimum Gasteiger partial charge on any atom is -0.462 e. The zero-order valence-corrected chi connectivity index (χ0v) is 9.70. The lowest BCUT2D eigenvalue weighted by atomic mass is 10.1. The summed E-state index contributed by atoms with van der Waals surface area (Å²) < 4.78 is 4.83. The van der Waals surface area contributed by atoms with Gasteiger partial charge in [-0.25, -0.2) is 4.79 Å². The fourth-order valence-corrected chi connectivity index (χ4v) is 1.59. The number of aliphatic hydroxyl groups is 1. The Morgan fingerprint density at radius 3 is 2.81 bits per heavy atom. The summed E-state index contributed by atoms with van der Waals surface area (Å²) in [4.78, 5) is 11.4. The molecule has 0 saturated heterocycles. The molecule has 0 radical (unpaired) electrons. The predicted octanol–water partition coefficient (Wildman–Crippen LogP) is 1.51. The molecule has 0 amide bonds. The fraction of sp³-hybridized carbons (Fsp3) is 0.364. The number of nitrogens with two attached hydrogens (primary N) is 1. The number of benzene rings is 1. The molecule has 0 aliphatic rings. The van der Waals surface area contributed by atoms with Crippen LogP contribution in [0.5, 0.6) is 0 Å². The van der Waals surface area contributed by atoms with Gasteiger partial charge >= 0.3 is 5.97 Å². The Kier molecular flexibility index (Phi) is 4.73. The molecule has 16 heavy (non-hydrogen) atoms. The van der Waals surface area contributed by atoms with Crippen LogP contribution in [-0.2, 0) is 4.74 Å². The van der Waals surface area contributed by atoms with Crippen molar-refractivity contribution in [3.05, 3.63) is 34.3 Å². The molecule has 3 N–H and O–H groups in total. The molecular formula is C11H14ClNO3. The second-order valence-electron chi connectivity index (χ2n) is 3.25. The topological polar surface area (TPSA) is 72.5 Å². The molecule has 0 unspecified atom stereocenters. The summed E-state index contributed by atoms with van der Waals surface area (Å²) in [6.07, 6.45) is 0. The first kappa shape index (κ1) is 13.0. The number of halogens is 1. The summed E-state index contributed by atoms with van der Waals surface area (Å²) in [5.74, 6) is -0.423. The summed E-state index contributed by atoms with van der Waals surface area (Å²) in [6.45, 7) is 1.85. The molecule has 0 aliphatic carbocycles. The maximum absolute atomic E-state index is 11.4. The molecular weight excluding hydrogens is 230 g/mol. The van der Waals surface area contributed by atoms with Crippen LogP contribution in [0.15, 0.2) is 18.2 Å². The summed E-state index contributed by atoms with van der Waals surface area (Å²) >= 11 is 5.95. The van der Waals surface area contributed by atoms with E-state index in [1.165, 1.54) is 6.07 Å². The van der Waals surface area contributed by atoms with Gasteiger partial charge in [0.15, 0.2) is 0 Å². The van der Waals surface area contributed by atoms with E-state index in [-0.39, 0.29) is 6.61 Å². The van der Waals surface area contributed by atoms with E-state index < -0.39 is 12.0 Å². The normalized spacial score (nSPS) is 12.2. The summed E-state index contributed by atoms with van der Waals surface area (Å²) in [5, 5.41) is 9.25. The quantitative estimate of drug-likeness (QED) is 0.787. The highest BCUT2D eigenvalue weighted by atomic mass is 35.5. The van der Waals surface area contributed by atoms with Crippen molar-refractivity contribution in [2.24, 2.45) is 5.73 Å². The van der Waals surface area contributed by atoms with Crippen molar-refractivity contribution in [2.45, 2.75) is 13.0 Å². The van der Waals surface area contributed by atoms with Gasteiger partial charge in [-0.3, -0.25) is 0 Å². The Morgan fingerprint density at radius 1 is 1.62 bits per heavy atom. The van der Waals surface area contributed by atoms with Crippen molar-refractivity contribution in [1.82, 2.24) is 0 Å². The lowest BCUT2D eigenvalue weighted by Crippen LogP contribution is -2.15. The summed E-state index contributed by atoms with van der Waals surface area (Å²) in [5.41, 5.74) is 6.61. The van der Waals surface area contributed by atoms with Crippen molar-refractivity contribution in [2.75, 3.05) is 13.2 Å². The first-order valence-corrected chi connectivity index (χ1v) is 5.31. The minimum atomic E-state index is -0.538. The van der Waals surface area contributed by atoms with E-state index in [0.29, 0.717) is 22.8 Å². The van der Waals surface area contributed by atoms with Gasteiger partial charge < -0.3 is 15.6 Å². The third-order valence-electron chi connectivity index (χ3n) is 2.11. The van der Waals surface area contributed by atoms with Crippen LogP contribution in [0.25, 0.3) is 0 Å². The van der Waals surface area contributed by atoms with Crippen molar-refractivity contribution < 1.29 is 14.6 Å². The first-order chi connectivity index (χ1) is 7.60. The zero-order valence-electron chi connectivity index (χ0n) is 8.94. The maximum atomic E-state index is 11.4. The van der Waals surface area contributed by atoms with Crippen molar-refractivity contribution in [1.29, 1.82) is 0 Å². The highest BCUT2D eigenvalue weighted by Gasteiger charge is 2.13. The fourth-order valence-electron chi connectivity index (χ4n) is 1.27. The average Bonchev–Trinajstić information content (AvgIpc) is 2.28. The van der Waals surface area contributed by atoms with Crippen LogP contribution in [-0.4, -0.2) is 24.3 Å². The lowest BCUT2D eigenvalue weighted by Gasteiger charge is -2.11. The Balaban J connectivity index is 2.95. The number of carbonyl (C=O) groups excluding carboxylic acids is 1. The van der Waals surface area contributed by atoms with E-state index >= 15 is 0 Å². The smallest absolute Gasteiger partial charge is 0.338 e. The number of ether oxygens (including phenoxy) is 1. The molecule has 0 aliphatic heterocycles. The van der Waals surface area contributed by atoms with Crippen LogP contribution in [0, 0.1) is 0 Å². The molecule has 1 rings (SSSR count). The highest BCUT2D eigenvalue weighted by Crippen LogP contribution is 2.23. The molecule has 0 spiro atoms. The molecule has 1 aromatic rings. The van der Waals surface area contributed by atoms with Gasteiger partial charge in [0.1, 0.15) is 0 Å². The van der Waals surface area contributed by atoms with Gasteiger partial charge in [-0.2, -0.15) is 0 Å². The molecule has 0 heterocycles. The van der Waals surface area contributed by atoms with E-state index in [2.05, 4.69) is 0 Å². The minimum absolute atomic E-state index is 0.196. The Morgan fingerprint density at radius 2 is 2.31 bits per heavy atom. The third-order valence-corrected chi connectivity index (χ3v) is 2.44. The summed E-state index contributed by atoms with van der Waals surface area (Å²) in [7, 11) is 0. The molecule has 0 aromatic heterocycles. The highest BCUT2D eigenvalue weighted by molar-refractivity contribution is 6.31. The Hall–Kier alpha value is -1.10. The van der Waals surface area contributed by atoms with Gasteiger partial charge in [-0.15, -0.1) is 0 Å². The Bertz CT molecular complexity index is 381. The third kappa shape index (κ3) is 2.95. The van der Waals surface area contributed by atoms with Crippen molar-refractivity contribution in [3.63, 3.8) is 0 Å². The molecule has 1 aromatic carbocycles. The van der Waals surface area contributed by atoms with Gasteiger partial charge in [0, 0.05) is 5.02 Å². The van der Waals surface area contributed by atoms with Crippen LogP contribution in [0.3, 0.4) is 0 Å². The molecule has 5 heteroatoms. The largest absolute Gasteiger partial charge is 0.462 e. The molecule has 1 atom stereocenters. The standard InChI is InChI=1S/C11H14ClNO3/c1-2-16-11(15)7-3-4-8(9(12)5-7)10(13)6-14/h3-5,10,14H,2,6,13H2,1H3/t10-/m1/s1. The number of hydrogen-bond acceptors (Lipinski definition) is 4. The predicted molar refractivity (Wildman–Crippen MR) is 61.4 cm³/mol. The second-order valence-corrected chi connectivity index (χ2v) is 3.65. The van der Waals surface area contributed by atoms with E-state index in [9.17, 15) is 4.79 Å². The number of carbonyl (C=O) groups is 1. The van der Waals surface area contributed by atoms with Crippen LogP contribution < -0.4 is 5.73 Å². The van der Waals surface area contributed by atoms with Crippen molar-refractivity contribution >= 4 is 17.6 Å². The van der Waals surface area contributed by atoms with Crippen molar-refractivity contribution in [3.8, 4) is 0 Å². The van der Waals surface area contributed by atoms with E-state index in [0.717, 1.165) is 0 Å².